The molecule has 0 radical (unpaired) electrons. The van der Waals surface area contributed by atoms with Gasteiger partial charge in [-0.3, -0.25) is 0 Å². The number of hydrogen-bond acceptors (Lipinski definition) is 1. The quantitative estimate of drug-likeness (QED) is 0.659. The Hall–Kier alpha value is -1.55. The molecule has 0 aliphatic heterocycles. The molecule has 0 bridgehead atoms. The Morgan fingerprint density at radius 3 is 2.50 bits per heavy atom. The Morgan fingerprint density at radius 1 is 1.36 bits per heavy atom. The monoisotopic (exact) mass is 185 g/mol. The molecule has 1 rings (SSSR count). The van der Waals surface area contributed by atoms with E-state index in [4.69, 9.17) is 5.26 Å². The van der Waals surface area contributed by atoms with Crippen molar-refractivity contribution in [1.82, 2.24) is 0 Å². The van der Waals surface area contributed by atoms with Gasteiger partial charge in [-0.2, -0.15) is 5.26 Å². The maximum Gasteiger partial charge on any atom is 0.0747 e. The van der Waals surface area contributed by atoms with Crippen LogP contribution in [0.1, 0.15) is 31.7 Å². The molecule has 0 spiro atoms. The third kappa shape index (κ3) is 3.06. The van der Waals surface area contributed by atoms with Gasteiger partial charge in [0.1, 0.15) is 0 Å². The first kappa shape index (κ1) is 10.5. The van der Waals surface area contributed by atoms with E-state index < -0.39 is 0 Å². The molecule has 0 heterocycles. The van der Waals surface area contributed by atoms with Crippen LogP contribution in [0.4, 0.5) is 0 Å². The maximum absolute atomic E-state index is 9.01. The van der Waals surface area contributed by atoms with E-state index in [0.717, 1.165) is 12.0 Å². The van der Waals surface area contributed by atoms with Crippen molar-refractivity contribution in [2.24, 2.45) is 0 Å². The van der Waals surface area contributed by atoms with Gasteiger partial charge in [0.05, 0.1) is 12.0 Å². The highest BCUT2D eigenvalue weighted by atomic mass is 14.3. The Kier molecular flexibility index (Phi) is 3.94. The van der Waals surface area contributed by atoms with Crippen LogP contribution < -0.4 is 0 Å². The topological polar surface area (TPSA) is 23.8 Å². The highest BCUT2D eigenvalue weighted by molar-refractivity contribution is 5.25. The van der Waals surface area contributed by atoms with E-state index >= 15 is 0 Å². The van der Waals surface area contributed by atoms with Gasteiger partial charge in [-0.05, 0) is 25.8 Å². The molecule has 14 heavy (non-hydrogen) atoms. The highest BCUT2D eigenvalue weighted by Crippen LogP contribution is 2.19. The second-order valence-electron chi connectivity index (χ2n) is 3.61. The minimum absolute atomic E-state index is 0.00824. The van der Waals surface area contributed by atoms with Gasteiger partial charge in [0, 0.05) is 0 Å². The largest absolute Gasteiger partial charge is 0.198 e. The van der Waals surface area contributed by atoms with Crippen molar-refractivity contribution in [3.8, 4) is 6.07 Å². The van der Waals surface area contributed by atoms with Crippen LogP contribution in [0.15, 0.2) is 42.0 Å². The molecular weight excluding hydrogens is 170 g/mol. The van der Waals surface area contributed by atoms with Gasteiger partial charge in [-0.15, -0.1) is 0 Å². The summed E-state index contributed by atoms with van der Waals surface area (Å²) in [6.07, 6.45) is 2.92. The van der Waals surface area contributed by atoms with Crippen molar-refractivity contribution >= 4 is 0 Å². The molecule has 0 aliphatic rings. The average molecular weight is 185 g/mol. The van der Waals surface area contributed by atoms with Crippen LogP contribution in [0, 0.1) is 11.3 Å². The first-order chi connectivity index (χ1) is 6.74. The zero-order valence-corrected chi connectivity index (χ0v) is 8.70. The lowest BCUT2D eigenvalue weighted by molar-refractivity contribution is 0.871. The van der Waals surface area contributed by atoms with Gasteiger partial charge in [-0.25, -0.2) is 0 Å². The van der Waals surface area contributed by atoms with Gasteiger partial charge in [0.2, 0.25) is 0 Å². The van der Waals surface area contributed by atoms with E-state index in [1.807, 2.05) is 30.3 Å². The van der Waals surface area contributed by atoms with Crippen LogP contribution in [0.3, 0.4) is 0 Å². The number of nitrogens with zero attached hydrogens (tertiary/aromatic N) is 1. The minimum Gasteiger partial charge on any atom is -0.198 e. The molecule has 0 saturated heterocycles. The summed E-state index contributed by atoms with van der Waals surface area (Å²) in [7, 11) is 0. The lowest BCUT2D eigenvalue weighted by atomic mass is 9.96. The Morgan fingerprint density at radius 2 is 2.00 bits per heavy atom. The van der Waals surface area contributed by atoms with Gasteiger partial charge in [0.15, 0.2) is 0 Å². The number of rotatable bonds is 3. The van der Waals surface area contributed by atoms with E-state index in [2.05, 4.69) is 26.0 Å². The predicted octanol–water partition coefficient (Wildman–Crippen LogP) is 3.65. The van der Waals surface area contributed by atoms with E-state index in [-0.39, 0.29) is 5.92 Å². The molecule has 0 N–H and O–H groups in total. The normalized spacial score (nSPS) is 11.5. The van der Waals surface area contributed by atoms with Crippen LogP contribution >= 0.6 is 0 Å². The molecule has 1 atom stereocenters. The van der Waals surface area contributed by atoms with Crippen molar-refractivity contribution in [1.29, 1.82) is 5.26 Å². The summed E-state index contributed by atoms with van der Waals surface area (Å²) in [5.41, 5.74) is 2.37. The molecule has 1 nitrogen and oxygen atoms in total. The zero-order chi connectivity index (χ0) is 10.4. The Labute approximate surface area is 85.7 Å². The van der Waals surface area contributed by atoms with E-state index in [9.17, 15) is 0 Å². The maximum atomic E-state index is 9.01. The van der Waals surface area contributed by atoms with E-state index in [1.54, 1.807) is 0 Å². The van der Waals surface area contributed by atoms with Crippen molar-refractivity contribution in [2.75, 3.05) is 0 Å². The zero-order valence-electron chi connectivity index (χ0n) is 8.70. The molecule has 0 saturated carbocycles. The Balaban J connectivity index is 2.75. The average Bonchev–Trinajstić information content (AvgIpc) is 2.20. The van der Waals surface area contributed by atoms with Gasteiger partial charge in [-0.1, -0.05) is 42.0 Å². The highest BCUT2D eigenvalue weighted by Gasteiger charge is 2.07. The van der Waals surface area contributed by atoms with Crippen LogP contribution in [0.2, 0.25) is 0 Å². The third-order valence-electron chi connectivity index (χ3n) is 2.12. The number of nitriles is 1. The summed E-state index contributed by atoms with van der Waals surface area (Å²) in [4.78, 5) is 0. The van der Waals surface area contributed by atoms with Crippen molar-refractivity contribution < 1.29 is 0 Å². The summed E-state index contributed by atoms with van der Waals surface area (Å²) < 4.78 is 0. The fourth-order valence-corrected chi connectivity index (χ4v) is 1.30. The van der Waals surface area contributed by atoms with Crippen LogP contribution in [-0.2, 0) is 0 Å². The van der Waals surface area contributed by atoms with Crippen molar-refractivity contribution in [3.63, 3.8) is 0 Å². The molecule has 0 fully saturated rings. The van der Waals surface area contributed by atoms with E-state index in [0.29, 0.717) is 0 Å². The van der Waals surface area contributed by atoms with Crippen LogP contribution in [0.5, 0.6) is 0 Å². The van der Waals surface area contributed by atoms with Crippen molar-refractivity contribution in [2.45, 2.75) is 26.2 Å². The summed E-state index contributed by atoms with van der Waals surface area (Å²) >= 11 is 0. The first-order valence-electron chi connectivity index (χ1n) is 4.82. The molecule has 1 aromatic carbocycles. The Bertz CT molecular complexity index is 339. The third-order valence-corrected chi connectivity index (χ3v) is 2.12. The fourth-order valence-electron chi connectivity index (χ4n) is 1.30. The number of benzene rings is 1. The fraction of sp³-hybridized carbons (Fsp3) is 0.308. The lowest BCUT2D eigenvalue weighted by Gasteiger charge is -2.06. The molecule has 1 aromatic rings. The smallest absolute Gasteiger partial charge is 0.0747 e. The second-order valence-corrected chi connectivity index (χ2v) is 3.61. The van der Waals surface area contributed by atoms with Crippen LogP contribution in [-0.4, -0.2) is 0 Å². The molecule has 1 unspecified atom stereocenters. The summed E-state index contributed by atoms with van der Waals surface area (Å²) in [5.74, 6) is -0.00824. The number of hydrogen-bond donors (Lipinski definition) is 0. The standard InChI is InChI=1S/C13H15N/c1-11(2)8-9-13(10-14)12-6-4-3-5-7-12/h3-8,13H,9H2,1-2H3. The summed E-state index contributed by atoms with van der Waals surface area (Å²) in [6.45, 7) is 4.11. The van der Waals surface area contributed by atoms with E-state index in [1.165, 1.54) is 5.57 Å². The summed E-state index contributed by atoms with van der Waals surface area (Å²) in [5, 5.41) is 9.01. The molecule has 0 amide bonds. The van der Waals surface area contributed by atoms with Crippen molar-refractivity contribution in [3.05, 3.63) is 47.5 Å². The van der Waals surface area contributed by atoms with Gasteiger partial charge in [0.25, 0.3) is 0 Å². The molecular formula is C13H15N. The molecule has 1 heteroatoms. The molecule has 72 valence electrons. The lowest BCUT2D eigenvalue weighted by Crippen LogP contribution is -1.93. The van der Waals surface area contributed by atoms with Crippen LogP contribution in [0.25, 0.3) is 0 Å². The molecule has 0 aliphatic carbocycles. The number of allylic oxidation sites excluding steroid dienone is 2. The predicted molar refractivity (Wildman–Crippen MR) is 58.8 cm³/mol. The second kappa shape index (κ2) is 5.24. The SMILES string of the molecule is CC(C)=CCC(C#N)c1ccccc1. The first-order valence-corrected chi connectivity index (χ1v) is 4.82. The molecule has 0 aromatic heterocycles. The van der Waals surface area contributed by atoms with Gasteiger partial charge >= 0.3 is 0 Å². The van der Waals surface area contributed by atoms with Gasteiger partial charge < -0.3 is 0 Å². The minimum atomic E-state index is -0.00824. The summed E-state index contributed by atoms with van der Waals surface area (Å²) in [6, 6.07) is 12.3.